The van der Waals surface area contributed by atoms with E-state index in [2.05, 4.69) is 33.2 Å². The first-order valence-electron chi connectivity index (χ1n) is 7.96. The van der Waals surface area contributed by atoms with Gasteiger partial charge in [0.25, 0.3) is 5.03 Å². The van der Waals surface area contributed by atoms with E-state index in [0.29, 0.717) is 12.1 Å². The normalized spacial score (nSPS) is 11.9. The van der Waals surface area contributed by atoms with Gasteiger partial charge in [-0.2, -0.15) is 0 Å². The summed E-state index contributed by atoms with van der Waals surface area (Å²) in [7, 11) is 0. The second-order valence-electron chi connectivity index (χ2n) is 5.42. The van der Waals surface area contributed by atoms with Crippen LogP contribution in [0.25, 0.3) is 5.69 Å². The second-order valence-corrected chi connectivity index (χ2v) is 7.86. The Morgan fingerprint density at radius 1 is 1.27 bits per heavy atom. The van der Waals surface area contributed by atoms with Crippen molar-refractivity contribution in [3.05, 3.63) is 58.2 Å². The van der Waals surface area contributed by atoms with Crippen LogP contribution in [0.2, 0.25) is 0 Å². The van der Waals surface area contributed by atoms with Crippen molar-refractivity contribution in [3.63, 3.8) is 0 Å². The number of hydrogen-bond acceptors (Lipinski definition) is 5. The first-order chi connectivity index (χ1) is 12.6. The van der Waals surface area contributed by atoms with Gasteiger partial charge in [0.2, 0.25) is 11.6 Å². The number of nitrogens with zero attached hydrogens (tertiary/aromatic N) is 2. The number of para-hydroxylation sites is 1. The molecule has 0 aliphatic heterocycles. The van der Waals surface area contributed by atoms with Crippen LogP contribution in [0.5, 0.6) is 5.95 Å². The molecule has 1 aromatic heterocycles. The third kappa shape index (κ3) is 4.36. The Balaban J connectivity index is 1.79. The Labute approximate surface area is 168 Å². The number of hydrogen-bond donors (Lipinski definition) is 1. The third-order valence-electron chi connectivity index (χ3n) is 3.60. The van der Waals surface area contributed by atoms with Crippen molar-refractivity contribution < 1.29 is 19.1 Å². The van der Waals surface area contributed by atoms with Gasteiger partial charge in [-0.15, -0.1) is 0 Å². The van der Waals surface area contributed by atoms with Gasteiger partial charge in [0.05, 0.1) is 10.5 Å². The molecule has 0 fully saturated rings. The van der Waals surface area contributed by atoms with Gasteiger partial charge < -0.3 is 14.9 Å². The van der Waals surface area contributed by atoms with Gasteiger partial charge in [0.15, 0.2) is 5.95 Å². The Morgan fingerprint density at radius 2 is 1.96 bits per heavy atom. The van der Waals surface area contributed by atoms with Gasteiger partial charge in [0.1, 0.15) is 0 Å². The molecule has 1 N–H and O–H groups in total. The number of amides is 1. The topological polar surface area (TPSA) is 82.1 Å². The number of rotatable bonds is 6. The van der Waals surface area contributed by atoms with Crippen molar-refractivity contribution in [2.45, 2.75) is 23.6 Å². The van der Waals surface area contributed by atoms with Crippen molar-refractivity contribution in [1.82, 2.24) is 5.27 Å². The highest BCUT2D eigenvalue weighted by atomic mass is 127. The van der Waals surface area contributed by atoms with E-state index in [-0.39, 0.29) is 10.9 Å². The standard InChI is InChI=1S/C18H16IN3O3S/c1-2-15(16(23)20-13-10-8-12(19)9-11-13)26-17-18(24)25-21-22(17)14-6-4-3-5-7-14/h3-11,15H,2H2,1H3,(H-,20,21,23,24). The first kappa shape index (κ1) is 18.7. The number of anilines is 1. The molecule has 3 rings (SSSR count). The van der Waals surface area contributed by atoms with Crippen molar-refractivity contribution in [2.24, 2.45) is 0 Å². The molecule has 0 bridgehead atoms. The van der Waals surface area contributed by atoms with Crippen LogP contribution in [0, 0.1) is 3.57 Å². The van der Waals surface area contributed by atoms with Gasteiger partial charge >= 0.3 is 0 Å². The zero-order chi connectivity index (χ0) is 18.5. The average Bonchev–Trinajstić information content (AvgIpc) is 3.02. The summed E-state index contributed by atoms with van der Waals surface area (Å²) in [5.41, 5.74) is 1.42. The molecular weight excluding hydrogens is 465 g/mol. The lowest BCUT2D eigenvalue weighted by Gasteiger charge is -2.13. The van der Waals surface area contributed by atoms with E-state index >= 15 is 0 Å². The van der Waals surface area contributed by atoms with Crippen LogP contribution in [0.3, 0.4) is 0 Å². The molecule has 0 saturated heterocycles. The lowest BCUT2D eigenvalue weighted by Crippen LogP contribution is -2.36. The SMILES string of the molecule is CCC(Sc1c([O-])on[n+]1-c1ccccc1)C(=O)Nc1ccc(I)cc1. The minimum atomic E-state index is -0.556. The minimum absolute atomic E-state index is 0.168. The smallest absolute Gasteiger partial charge is 0.298 e. The van der Waals surface area contributed by atoms with Gasteiger partial charge in [-0.05, 0) is 69.7 Å². The zero-order valence-electron chi connectivity index (χ0n) is 13.9. The molecule has 6 nitrogen and oxygen atoms in total. The monoisotopic (exact) mass is 481 g/mol. The third-order valence-corrected chi connectivity index (χ3v) is 5.72. The highest BCUT2D eigenvalue weighted by Crippen LogP contribution is 2.29. The number of carbonyl (C=O) groups excluding carboxylic acids is 1. The molecule has 134 valence electrons. The molecule has 1 unspecified atom stereocenters. The first-order valence-corrected chi connectivity index (χ1v) is 9.92. The predicted octanol–water partition coefficient (Wildman–Crippen LogP) is 3.14. The van der Waals surface area contributed by atoms with Gasteiger partial charge in [0, 0.05) is 21.4 Å². The van der Waals surface area contributed by atoms with Crippen LogP contribution in [0.4, 0.5) is 5.69 Å². The molecular formula is C18H16IN3O3S. The number of benzene rings is 2. The molecule has 3 aromatic rings. The summed E-state index contributed by atoms with van der Waals surface area (Å²) in [6.07, 6.45) is 0.556. The number of aromatic nitrogens is 2. The fourth-order valence-corrected chi connectivity index (χ4v) is 3.62. The zero-order valence-corrected chi connectivity index (χ0v) is 16.9. The molecule has 0 spiro atoms. The van der Waals surface area contributed by atoms with E-state index in [9.17, 15) is 9.90 Å². The number of halogens is 1. The van der Waals surface area contributed by atoms with Crippen LogP contribution in [0.1, 0.15) is 13.3 Å². The molecule has 26 heavy (non-hydrogen) atoms. The average molecular weight is 481 g/mol. The van der Waals surface area contributed by atoms with E-state index in [1.165, 1.54) is 4.68 Å². The largest absolute Gasteiger partial charge is 0.538 e. The highest BCUT2D eigenvalue weighted by molar-refractivity contribution is 14.1. The molecule has 8 heteroatoms. The number of thioether (sulfide) groups is 1. The van der Waals surface area contributed by atoms with E-state index in [1.807, 2.05) is 61.5 Å². The highest BCUT2D eigenvalue weighted by Gasteiger charge is 2.28. The summed E-state index contributed by atoms with van der Waals surface area (Å²) in [4.78, 5) is 12.6. The van der Waals surface area contributed by atoms with Gasteiger partial charge in [-0.25, -0.2) is 0 Å². The fraction of sp³-hybridized carbons (Fsp3) is 0.167. The van der Waals surface area contributed by atoms with E-state index in [4.69, 9.17) is 4.52 Å². The van der Waals surface area contributed by atoms with E-state index < -0.39 is 11.2 Å². The molecule has 1 amide bonds. The van der Waals surface area contributed by atoms with Crippen LogP contribution in [-0.4, -0.2) is 16.4 Å². The summed E-state index contributed by atoms with van der Waals surface area (Å²) < 4.78 is 7.32. The molecule has 1 atom stereocenters. The van der Waals surface area contributed by atoms with E-state index in [1.54, 1.807) is 0 Å². The summed E-state index contributed by atoms with van der Waals surface area (Å²) in [6, 6.07) is 16.7. The Kier molecular flexibility index (Phi) is 6.15. The number of nitrogens with one attached hydrogen (secondary N) is 1. The summed E-state index contributed by atoms with van der Waals surface area (Å²) >= 11 is 3.36. The van der Waals surface area contributed by atoms with E-state index in [0.717, 1.165) is 21.0 Å². The molecule has 2 aromatic carbocycles. The maximum absolute atomic E-state index is 12.6. The lowest BCUT2D eigenvalue weighted by molar-refractivity contribution is -0.705. The fourth-order valence-electron chi connectivity index (χ4n) is 2.29. The van der Waals surface area contributed by atoms with Crippen molar-refractivity contribution in [1.29, 1.82) is 0 Å². The number of carbonyl (C=O) groups is 1. The molecule has 0 aliphatic rings. The van der Waals surface area contributed by atoms with Gasteiger partial charge in [-0.1, -0.05) is 25.1 Å². The Bertz CT molecular complexity index is 884. The van der Waals surface area contributed by atoms with Crippen LogP contribution in [-0.2, 0) is 4.79 Å². The molecule has 0 saturated carbocycles. The predicted molar refractivity (Wildman–Crippen MR) is 105 cm³/mol. The van der Waals surface area contributed by atoms with Gasteiger partial charge in [-0.3, -0.25) is 4.79 Å². The summed E-state index contributed by atoms with van der Waals surface area (Å²) in [5, 5.41) is 18.6. The minimum Gasteiger partial charge on any atom is -0.538 e. The Hall–Kier alpha value is -2.07. The summed E-state index contributed by atoms with van der Waals surface area (Å²) in [6.45, 7) is 1.90. The van der Waals surface area contributed by atoms with Crippen molar-refractivity contribution in [2.75, 3.05) is 5.32 Å². The van der Waals surface area contributed by atoms with Crippen LogP contribution in [0.15, 0.2) is 64.1 Å². The second kappa shape index (κ2) is 8.54. The lowest BCUT2D eigenvalue weighted by atomic mass is 10.3. The quantitative estimate of drug-likeness (QED) is 0.333. The van der Waals surface area contributed by atoms with Crippen LogP contribution >= 0.6 is 34.4 Å². The van der Waals surface area contributed by atoms with Crippen molar-refractivity contribution >= 4 is 45.9 Å². The van der Waals surface area contributed by atoms with Crippen LogP contribution < -0.4 is 15.1 Å². The van der Waals surface area contributed by atoms with Crippen molar-refractivity contribution in [3.8, 4) is 11.6 Å². The summed E-state index contributed by atoms with van der Waals surface area (Å²) in [5.74, 6) is -0.724. The Morgan fingerprint density at radius 3 is 2.62 bits per heavy atom. The molecule has 0 aliphatic carbocycles. The molecule has 1 heterocycles. The maximum Gasteiger partial charge on any atom is 0.298 e. The molecule has 0 radical (unpaired) electrons. The maximum atomic E-state index is 12.6.